The number of fused-ring (bicyclic) bond motifs is 5. The fraction of sp³-hybridized carbons (Fsp3) is 0.111. The van der Waals surface area contributed by atoms with Gasteiger partial charge in [0.2, 0.25) is 0 Å². The van der Waals surface area contributed by atoms with Crippen molar-refractivity contribution in [2.75, 3.05) is 6.61 Å². The van der Waals surface area contributed by atoms with Crippen molar-refractivity contribution in [1.29, 1.82) is 0 Å². The Hall–Kier alpha value is -1.64. The van der Waals surface area contributed by atoms with Crippen molar-refractivity contribution in [2.24, 2.45) is 0 Å². The first-order valence-electron chi connectivity index (χ1n) is 3.72. The van der Waals surface area contributed by atoms with E-state index < -0.39 is 0 Å². The van der Waals surface area contributed by atoms with E-state index in [-0.39, 0.29) is 12.4 Å². The number of rotatable bonds is 0. The van der Waals surface area contributed by atoms with E-state index >= 15 is 0 Å². The minimum absolute atomic E-state index is 0.242. The zero-order chi connectivity index (χ0) is 8.13. The minimum atomic E-state index is 0.242. The molecule has 0 saturated carbocycles. The summed E-state index contributed by atoms with van der Waals surface area (Å²) in [5, 5.41) is 9.18. The quantitative estimate of drug-likeness (QED) is 0.645. The first-order valence-corrected chi connectivity index (χ1v) is 3.72. The van der Waals surface area contributed by atoms with Gasteiger partial charge >= 0.3 is 0 Å². The first kappa shape index (κ1) is 5.94. The molecule has 0 aromatic carbocycles. The molecule has 3 nitrogen and oxygen atoms in total. The molecular weight excluding hydrogens is 156 g/mol. The molecule has 1 aliphatic heterocycles. The van der Waals surface area contributed by atoms with Crippen LogP contribution in [0.3, 0.4) is 0 Å². The van der Waals surface area contributed by atoms with Gasteiger partial charge in [0, 0.05) is 0 Å². The van der Waals surface area contributed by atoms with Gasteiger partial charge in [0.1, 0.15) is 17.9 Å². The van der Waals surface area contributed by atoms with Gasteiger partial charge in [-0.25, -0.2) is 0 Å². The molecule has 2 aromatic heterocycles. The van der Waals surface area contributed by atoms with Gasteiger partial charge < -0.3 is 14.3 Å². The van der Waals surface area contributed by atoms with Gasteiger partial charge in [-0.15, -0.1) is 0 Å². The molecule has 0 radical (unpaired) electrons. The highest BCUT2D eigenvalue weighted by Gasteiger charge is 2.20. The van der Waals surface area contributed by atoms with Crippen molar-refractivity contribution < 1.29 is 14.3 Å². The minimum Gasteiger partial charge on any atom is -0.509 e. The van der Waals surface area contributed by atoms with Crippen LogP contribution in [-0.2, 0) is 0 Å². The zero-order valence-corrected chi connectivity index (χ0v) is 6.20. The predicted molar refractivity (Wildman–Crippen MR) is 43.5 cm³/mol. The molecule has 0 fully saturated rings. The third-order valence-corrected chi connectivity index (χ3v) is 2.02. The van der Waals surface area contributed by atoms with Crippen molar-refractivity contribution in [2.45, 2.75) is 0 Å². The molecule has 1 N–H and O–H groups in total. The Balaban J connectivity index is 2.38. The Morgan fingerprint density at radius 3 is 3.00 bits per heavy atom. The molecule has 0 amide bonds. The van der Waals surface area contributed by atoms with Gasteiger partial charge in [0.25, 0.3) is 0 Å². The smallest absolute Gasteiger partial charge is 0.173 e. The highest BCUT2D eigenvalue weighted by atomic mass is 16.5. The van der Waals surface area contributed by atoms with Crippen LogP contribution in [0.2, 0.25) is 0 Å². The molecule has 2 bridgehead atoms. The molecule has 1 aliphatic rings. The van der Waals surface area contributed by atoms with Gasteiger partial charge in [-0.3, -0.25) is 0 Å². The highest BCUT2D eigenvalue weighted by molar-refractivity contribution is 5.85. The van der Waals surface area contributed by atoms with E-state index in [0.29, 0.717) is 0 Å². The van der Waals surface area contributed by atoms with Gasteiger partial charge in [-0.1, -0.05) is 0 Å². The Morgan fingerprint density at radius 2 is 2.08 bits per heavy atom. The van der Waals surface area contributed by atoms with Crippen molar-refractivity contribution in [3.05, 3.63) is 23.5 Å². The van der Waals surface area contributed by atoms with Crippen LogP contribution in [0.25, 0.3) is 17.2 Å². The van der Waals surface area contributed by atoms with Crippen molar-refractivity contribution in [1.82, 2.24) is 0 Å². The number of benzene rings is 1. The zero-order valence-electron chi connectivity index (χ0n) is 6.20. The summed E-state index contributed by atoms with van der Waals surface area (Å²) in [5.41, 5.74) is 2.38. The molecule has 0 unspecified atom stereocenters. The Morgan fingerprint density at radius 1 is 1.25 bits per heavy atom. The maximum Gasteiger partial charge on any atom is 0.173 e. The number of aliphatic hydroxyl groups is 1. The van der Waals surface area contributed by atoms with Gasteiger partial charge in [0.05, 0.1) is 5.56 Å². The maximum atomic E-state index is 9.18. The molecule has 0 aliphatic carbocycles. The number of aliphatic hydroxyl groups excluding tert-OH is 1. The van der Waals surface area contributed by atoms with Crippen LogP contribution in [0.15, 0.2) is 22.3 Å². The van der Waals surface area contributed by atoms with E-state index in [2.05, 4.69) is 0 Å². The molecule has 12 heavy (non-hydrogen) atoms. The predicted octanol–water partition coefficient (Wildman–Crippen LogP) is 2.16. The van der Waals surface area contributed by atoms with E-state index in [1.807, 2.05) is 12.1 Å². The summed E-state index contributed by atoms with van der Waals surface area (Å²) in [6.07, 6.45) is 1.69. The van der Waals surface area contributed by atoms with Crippen LogP contribution in [0.4, 0.5) is 0 Å². The average Bonchev–Trinajstić information content (AvgIpc) is 2.63. The molecular formula is C9H6O3. The van der Waals surface area contributed by atoms with Gasteiger partial charge in [0.15, 0.2) is 11.3 Å². The molecule has 0 spiro atoms. The van der Waals surface area contributed by atoms with E-state index in [4.69, 9.17) is 9.15 Å². The Bertz CT molecular complexity index is 452. The first-order chi connectivity index (χ1) is 5.84. The number of ether oxygens (including phenoxy) is 1. The van der Waals surface area contributed by atoms with Crippen molar-refractivity contribution in [3.63, 3.8) is 0 Å². The summed E-state index contributed by atoms with van der Waals surface area (Å²) in [6.45, 7) is 0.243. The number of hydrogen-bond donors (Lipinski definition) is 1. The summed E-state index contributed by atoms with van der Waals surface area (Å²) < 4.78 is 10.6. The SMILES string of the molecule is OC1=Cc2c(c3ccc2o3)OC1. The van der Waals surface area contributed by atoms with Crippen LogP contribution in [0.1, 0.15) is 5.56 Å². The van der Waals surface area contributed by atoms with Gasteiger partial charge in [-0.2, -0.15) is 0 Å². The maximum absolute atomic E-state index is 9.18. The van der Waals surface area contributed by atoms with Gasteiger partial charge in [-0.05, 0) is 18.2 Å². The van der Waals surface area contributed by atoms with Crippen LogP contribution >= 0.6 is 0 Å². The fourth-order valence-electron chi connectivity index (χ4n) is 1.49. The molecule has 3 rings (SSSR count). The number of hydrogen-bond acceptors (Lipinski definition) is 3. The third kappa shape index (κ3) is 0.563. The highest BCUT2D eigenvalue weighted by Crippen LogP contribution is 2.38. The third-order valence-electron chi connectivity index (χ3n) is 2.02. The summed E-state index contributed by atoms with van der Waals surface area (Å²) in [5.74, 6) is 0.997. The van der Waals surface area contributed by atoms with Crippen LogP contribution < -0.4 is 4.74 Å². The fourth-order valence-corrected chi connectivity index (χ4v) is 1.49. The van der Waals surface area contributed by atoms with Crippen LogP contribution in [0.5, 0.6) is 5.75 Å². The Labute approximate surface area is 68.2 Å². The molecule has 0 saturated heterocycles. The standard InChI is InChI=1S/C9H6O3/c10-5-3-6-7-1-2-8(12-7)9(6)11-4-5/h1-3,10H,4H2. The number of furan rings is 2. The van der Waals surface area contributed by atoms with Crippen LogP contribution in [-0.4, -0.2) is 11.7 Å². The lowest BCUT2D eigenvalue weighted by atomic mass is 10.1. The van der Waals surface area contributed by atoms with Crippen molar-refractivity contribution in [3.8, 4) is 5.75 Å². The van der Waals surface area contributed by atoms with E-state index in [1.165, 1.54) is 0 Å². The van der Waals surface area contributed by atoms with Crippen LogP contribution in [0, 0.1) is 0 Å². The topological polar surface area (TPSA) is 42.6 Å². The lowest BCUT2D eigenvalue weighted by Crippen LogP contribution is -2.05. The normalized spacial score (nSPS) is 15.8. The van der Waals surface area contributed by atoms with Crippen molar-refractivity contribution >= 4 is 17.2 Å². The summed E-state index contributed by atoms with van der Waals surface area (Å²) >= 11 is 0. The second-order valence-corrected chi connectivity index (χ2v) is 2.83. The van der Waals surface area contributed by atoms with E-state index in [9.17, 15) is 5.11 Å². The molecule has 3 heteroatoms. The second kappa shape index (κ2) is 1.75. The monoisotopic (exact) mass is 162 g/mol. The van der Waals surface area contributed by atoms with E-state index in [1.54, 1.807) is 6.08 Å². The summed E-state index contributed by atoms with van der Waals surface area (Å²) in [4.78, 5) is 0. The van der Waals surface area contributed by atoms with E-state index in [0.717, 1.165) is 22.5 Å². The molecule has 2 aromatic rings. The summed E-state index contributed by atoms with van der Waals surface area (Å²) in [6, 6.07) is 3.73. The summed E-state index contributed by atoms with van der Waals surface area (Å²) in [7, 11) is 0. The second-order valence-electron chi connectivity index (χ2n) is 2.83. The molecule has 0 atom stereocenters. The largest absolute Gasteiger partial charge is 0.509 e. The lowest BCUT2D eigenvalue weighted by Gasteiger charge is -2.10. The molecule has 3 heterocycles. The lowest BCUT2D eigenvalue weighted by molar-refractivity contribution is 0.269. The average molecular weight is 162 g/mol. The Kier molecular flexibility index (Phi) is 0.864. The molecule has 60 valence electrons.